The Balaban J connectivity index is 1.31. The van der Waals surface area contributed by atoms with E-state index >= 15 is 0 Å². The van der Waals surface area contributed by atoms with Gasteiger partial charge >= 0.3 is 0 Å². The second-order valence-electron chi connectivity index (χ2n) is 11.8. The molecule has 4 aromatic rings. The third-order valence-corrected chi connectivity index (χ3v) is 9.84. The number of phenolic OH excluding ortho intramolecular Hbond substituents is 1. The first-order valence-electron chi connectivity index (χ1n) is 15.5. The number of rotatable bonds is 12. The summed E-state index contributed by atoms with van der Waals surface area (Å²) in [7, 11) is 0. The summed E-state index contributed by atoms with van der Waals surface area (Å²) < 4.78 is 6.13. The number of amides is 2. The molecule has 6 rings (SSSR count). The number of aliphatic hydroxyl groups is 2. The number of thiophene rings is 1. The summed E-state index contributed by atoms with van der Waals surface area (Å²) in [5.41, 5.74) is 3.87. The van der Waals surface area contributed by atoms with Crippen molar-refractivity contribution in [3.63, 3.8) is 0 Å². The monoisotopic (exact) mass is 635 g/mol. The lowest BCUT2D eigenvalue weighted by molar-refractivity contribution is -0.140. The number of nitrogens with zero attached hydrogens (tertiary/aromatic N) is 1. The number of aromatic hydroxyl groups is 1. The van der Waals surface area contributed by atoms with Gasteiger partial charge in [-0.05, 0) is 77.3 Å². The summed E-state index contributed by atoms with van der Waals surface area (Å²) in [6, 6.07) is 30.0. The van der Waals surface area contributed by atoms with Crippen LogP contribution in [0.5, 0.6) is 11.5 Å². The molecule has 1 aliphatic heterocycles. The molecule has 1 aliphatic carbocycles. The predicted octanol–water partition coefficient (Wildman–Crippen LogP) is 6.32. The van der Waals surface area contributed by atoms with Gasteiger partial charge in [-0.15, -0.1) is 11.3 Å². The zero-order chi connectivity index (χ0) is 32.0. The molecule has 0 bridgehead atoms. The van der Waals surface area contributed by atoms with Crippen molar-refractivity contribution < 1.29 is 29.6 Å². The SMILES string of the molecule is O=C1[C@@H]2[C@@H](CC(COc3ccccc3)=C([C@H](O)CC/C(=C/c3ccccc3O)c3ccccc3)[C@@H]2CO)C(=O)N1Cc1cccs1. The van der Waals surface area contributed by atoms with Crippen molar-refractivity contribution in [2.24, 2.45) is 17.8 Å². The molecule has 2 aliphatic rings. The van der Waals surface area contributed by atoms with Crippen LogP contribution in [0.25, 0.3) is 11.6 Å². The first-order valence-corrected chi connectivity index (χ1v) is 16.4. The van der Waals surface area contributed by atoms with Gasteiger partial charge in [-0.2, -0.15) is 0 Å². The molecular weight excluding hydrogens is 598 g/mol. The summed E-state index contributed by atoms with van der Waals surface area (Å²) in [6.07, 6.45) is 1.95. The second kappa shape index (κ2) is 14.3. The van der Waals surface area contributed by atoms with Gasteiger partial charge in [0.2, 0.25) is 11.8 Å². The molecule has 0 saturated carbocycles. The molecule has 236 valence electrons. The number of imide groups is 1. The highest BCUT2D eigenvalue weighted by Crippen LogP contribution is 2.47. The van der Waals surface area contributed by atoms with Gasteiger partial charge in [-0.25, -0.2) is 0 Å². The van der Waals surface area contributed by atoms with Crippen LogP contribution in [-0.4, -0.2) is 51.4 Å². The number of carbonyl (C=O) groups excluding carboxylic acids is 2. The van der Waals surface area contributed by atoms with E-state index in [0.29, 0.717) is 29.7 Å². The van der Waals surface area contributed by atoms with Gasteiger partial charge in [0.15, 0.2) is 0 Å². The molecule has 2 amide bonds. The third-order valence-electron chi connectivity index (χ3n) is 8.98. The number of aliphatic hydroxyl groups excluding tert-OH is 2. The number of ether oxygens (including phenoxy) is 1. The Morgan fingerprint density at radius 2 is 1.65 bits per heavy atom. The first-order chi connectivity index (χ1) is 22.4. The highest BCUT2D eigenvalue weighted by Gasteiger charge is 2.54. The van der Waals surface area contributed by atoms with Crippen LogP contribution < -0.4 is 4.74 Å². The predicted molar refractivity (Wildman–Crippen MR) is 179 cm³/mol. The van der Waals surface area contributed by atoms with E-state index in [4.69, 9.17) is 4.74 Å². The van der Waals surface area contributed by atoms with Crippen molar-refractivity contribution in [2.45, 2.75) is 31.9 Å². The Hall–Kier alpha value is -4.50. The zero-order valence-electron chi connectivity index (χ0n) is 25.4. The minimum atomic E-state index is -1.00. The minimum absolute atomic E-state index is 0.127. The summed E-state index contributed by atoms with van der Waals surface area (Å²) in [6.45, 7) is -0.0545. The van der Waals surface area contributed by atoms with E-state index in [0.717, 1.165) is 21.6 Å². The van der Waals surface area contributed by atoms with E-state index in [1.807, 2.05) is 96.4 Å². The largest absolute Gasteiger partial charge is 0.507 e. The molecule has 8 heteroatoms. The number of likely N-dealkylation sites (tertiary alicyclic amines) is 1. The average Bonchev–Trinajstić information content (AvgIpc) is 3.69. The topological polar surface area (TPSA) is 107 Å². The number of para-hydroxylation sites is 2. The Labute approximate surface area is 272 Å². The number of benzene rings is 3. The van der Waals surface area contributed by atoms with Gasteiger partial charge in [-0.3, -0.25) is 14.5 Å². The number of hydrogen-bond donors (Lipinski definition) is 3. The fraction of sp³-hybridized carbons (Fsp3) is 0.263. The number of allylic oxidation sites excluding steroid dienone is 1. The molecule has 0 spiro atoms. The Bertz CT molecular complexity index is 1720. The van der Waals surface area contributed by atoms with Gasteiger partial charge in [0.1, 0.15) is 18.1 Å². The number of hydrogen-bond acceptors (Lipinski definition) is 7. The molecular formula is C38H37NO6S. The Kier molecular flexibility index (Phi) is 9.78. The van der Waals surface area contributed by atoms with Gasteiger partial charge in [0.05, 0.1) is 31.1 Å². The van der Waals surface area contributed by atoms with E-state index in [2.05, 4.69) is 0 Å². The molecule has 3 N–H and O–H groups in total. The molecule has 0 radical (unpaired) electrons. The maximum Gasteiger partial charge on any atom is 0.234 e. The first kappa shape index (κ1) is 31.5. The lowest BCUT2D eigenvalue weighted by Crippen LogP contribution is -2.40. The second-order valence-corrected chi connectivity index (χ2v) is 12.8. The van der Waals surface area contributed by atoms with Gasteiger partial charge in [-0.1, -0.05) is 72.8 Å². The van der Waals surface area contributed by atoms with Crippen molar-refractivity contribution >= 4 is 34.8 Å². The molecule has 7 nitrogen and oxygen atoms in total. The fourth-order valence-corrected chi connectivity index (χ4v) is 7.45. The van der Waals surface area contributed by atoms with Crippen LogP contribution >= 0.6 is 11.3 Å². The Morgan fingerprint density at radius 1 is 0.935 bits per heavy atom. The van der Waals surface area contributed by atoms with Crippen LogP contribution in [-0.2, 0) is 16.1 Å². The van der Waals surface area contributed by atoms with E-state index in [9.17, 15) is 24.9 Å². The number of carbonyl (C=O) groups is 2. The van der Waals surface area contributed by atoms with Crippen LogP contribution in [0.3, 0.4) is 0 Å². The molecule has 1 saturated heterocycles. The Morgan fingerprint density at radius 3 is 2.35 bits per heavy atom. The molecule has 1 fully saturated rings. The van der Waals surface area contributed by atoms with Crippen molar-refractivity contribution in [3.05, 3.63) is 130 Å². The zero-order valence-corrected chi connectivity index (χ0v) is 26.2. The fourth-order valence-electron chi connectivity index (χ4n) is 6.76. The molecule has 46 heavy (non-hydrogen) atoms. The quantitative estimate of drug-likeness (QED) is 0.0955. The number of phenols is 1. The maximum atomic E-state index is 13.8. The summed E-state index contributed by atoms with van der Waals surface area (Å²) in [5, 5.41) is 35.1. The van der Waals surface area contributed by atoms with Crippen molar-refractivity contribution in [3.8, 4) is 11.5 Å². The third kappa shape index (κ3) is 6.70. The highest BCUT2D eigenvalue weighted by atomic mass is 32.1. The van der Waals surface area contributed by atoms with Gasteiger partial charge in [0.25, 0.3) is 0 Å². The minimum Gasteiger partial charge on any atom is -0.507 e. The van der Waals surface area contributed by atoms with Crippen molar-refractivity contribution in [2.75, 3.05) is 13.2 Å². The van der Waals surface area contributed by atoms with Gasteiger partial charge < -0.3 is 20.1 Å². The molecule has 4 atom stereocenters. The molecule has 0 unspecified atom stereocenters. The lowest BCUT2D eigenvalue weighted by Gasteiger charge is -2.36. The van der Waals surface area contributed by atoms with Crippen LogP contribution in [0, 0.1) is 17.8 Å². The van der Waals surface area contributed by atoms with E-state index in [-0.39, 0.29) is 43.7 Å². The van der Waals surface area contributed by atoms with E-state index < -0.39 is 23.9 Å². The van der Waals surface area contributed by atoms with Crippen LogP contribution in [0.2, 0.25) is 0 Å². The molecule has 3 aromatic carbocycles. The summed E-state index contributed by atoms with van der Waals surface area (Å²) in [4.78, 5) is 29.7. The van der Waals surface area contributed by atoms with E-state index in [1.165, 1.54) is 16.2 Å². The standard InChI is InChI=1S/C38H37NO6S/c40-23-32-35(34(42)18-17-26(25-10-3-1-4-11-25)20-27-12-7-8-16-33(27)41)28(24-45-29-13-5-2-6-14-29)21-31-36(32)38(44)39(37(31)43)22-30-15-9-19-46-30/h1-16,19-20,31-32,34,36,40-42H,17-18,21-24H2/b26-20-/t31-,32+,34-,36-/m1/s1. The van der Waals surface area contributed by atoms with Crippen molar-refractivity contribution in [1.29, 1.82) is 0 Å². The van der Waals surface area contributed by atoms with E-state index in [1.54, 1.807) is 12.1 Å². The van der Waals surface area contributed by atoms with Crippen LogP contribution in [0.4, 0.5) is 0 Å². The smallest absolute Gasteiger partial charge is 0.234 e. The lowest BCUT2D eigenvalue weighted by atomic mass is 9.68. The summed E-state index contributed by atoms with van der Waals surface area (Å²) in [5.74, 6) is -1.85. The van der Waals surface area contributed by atoms with Gasteiger partial charge in [0, 0.05) is 16.4 Å². The summed E-state index contributed by atoms with van der Waals surface area (Å²) >= 11 is 1.49. The number of fused-ring (bicyclic) bond motifs is 1. The van der Waals surface area contributed by atoms with Crippen LogP contribution in [0.15, 0.2) is 114 Å². The molecule has 1 aromatic heterocycles. The van der Waals surface area contributed by atoms with Crippen molar-refractivity contribution in [1.82, 2.24) is 4.90 Å². The highest BCUT2D eigenvalue weighted by molar-refractivity contribution is 7.09. The van der Waals surface area contributed by atoms with Crippen LogP contribution in [0.1, 0.15) is 35.3 Å². The average molecular weight is 636 g/mol. The molecule has 2 heterocycles. The maximum absolute atomic E-state index is 13.8. The normalized spacial score (nSPS) is 20.6.